The Balaban J connectivity index is 1.68. The monoisotopic (exact) mass is 520 g/mol. The van der Waals surface area contributed by atoms with Crippen molar-refractivity contribution in [3.8, 4) is 5.75 Å². The molecule has 1 aliphatic heterocycles. The van der Waals surface area contributed by atoms with Crippen molar-refractivity contribution in [2.75, 3.05) is 19.6 Å². The number of amides is 1. The largest absolute Gasteiger partial charge is 0.469 e. The fourth-order valence-corrected chi connectivity index (χ4v) is 6.15. The number of aryl methyl sites for hydroxylation is 1. The van der Waals surface area contributed by atoms with Gasteiger partial charge in [0.15, 0.2) is 0 Å². The summed E-state index contributed by atoms with van der Waals surface area (Å²) in [5, 5.41) is 3.17. The molecule has 2 aliphatic rings. The Morgan fingerprint density at radius 2 is 2.03 bits per heavy atom. The molecule has 1 aromatic carbocycles. The van der Waals surface area contributed by atoms with Crippen LogP contribution in [0.1, 0.15) is 56.4 Å². The molecular weight excluding hydrogens is 484 g/mol. The maximum absolute atomic E-state index is 12.9. The Labute approximate surface area is 223 Å². The molecule has 4 rings (SSSR count). The van der Waals surface area contributed by atoms with Crippen LogP contribution in [0.2, 0.25) is 0 Å². The molecule has 1 amide bonds. The smallest absolute Gasteiger partial charge is 0.308 e. The van der Waals surface area contributed by atoms with Crippen molar-refractivity contribution in [1.82, 2.24) is 10.2 Å². The Morgan fingerprint density at radius 1 is 1.21 bits per heavy atom. The molecule has 8 heteroatoms. The van der Waals surface area contributed by atoms with E-state index in [-0.39, 0.29) is 17.9 Å². The highest BCUT2D eigenvalue weighted by atomic mass is 16.6. The average Bonchev–Trinajstić information content (AvgIpc) is 3.27. The summed E-state index contributed by atoms with van der Waals surface area (Å²) < 4.78 is 17.0. The molecule has 0 radical (unpaired) electrons. The number of carbonyl (C=O) groups is 3. The molecule has 0 unspecified atom stereocenters. The summed E-state index contributed by atoms with van der Waals surface area (Å²) in [5.74, 6) is 0.255. The van der Waals surface area contributed by atoms with Gasteiger partial charge in [-0.05, 0) is 69.0 Å². The number of likely N-dealkylation sites (tertiary alicyclic amines) is 1. The van der Waals surface area contributed by atoms with Crippen LogP contribution in [0.4, 0.5) is 0 Å². The maximum Gasteiger partial charge on any atom is 0.308 e. The molecule has 3 atom stereocenters. The van der Waals surface area contributed by atoms with Gasteiger partial charge in [0.1, 0.15) is 17.1 Å². The van der Waals surface area contributed by atoms with Crippen LogP contribution < -0.4 is 10.1 Å². The molecule has 0 bridgehead atoms. The molecule has 2 heterocycles. The molecule has 1 aromatic heterocycles. The van der Waals surface area contributed by atoms with E-state index in [9.17, 15) is 14.4 Å². The quantitative estimate of drug-likeness (QED) is 0.239. The first kappa shape index (κ1) is 27.4. The number of nitrogens with one attached hydrogen (secondary N) is 1. The van der Waals surface area contributed by atoms with Crippen molar-refractivity contribution in [1.29, 1.82) is 0 Å². The van der Waals surface area contributed by atoms with E-state index in [0.29, 0.717) is 44.5 Å². The molecule has 1 aliphatic carbocycles. The lowest BCUT2D eigenvalue weighted by Gasteiger charge is -2.59. The van der Waals surface area contributed by atoms with Gasteiger partial charge < -0.3 is 19.2 Å². The minimum Gasteiger partial charge on any atom is -0.469 e. The number of carbonyl (C=O) groups excluding carboxylic acids is 3. The van der Waals surface area contributed by atoms with E-state index < -0.39 is 17.0 Å². The van der Waals surface area contributed by atoms with Gasteiger partial charge in [0, 0.05) is 50.0 Å². The summed E-state index contributed by atoms with van der Waals surface area (Å²) in [6.07, 6.45) is 9.23. The van der Waals surface area contributed by atoms with Crippen molar-refractivity contribution in [3.05, 3.63) is 72.2 Å². The van der Waals surface area contributed by atoms with Crippen LogP contribution in [0.3, 0.4) is 0 Å². The van der Waals surface area contributed by atoms with E-state index in [4.69, 9.17) is 13.9 Å². The number of nitrogens with zero attached hydrogens (tertiary/aromatic N) is 1. The zero-order valence-corrected chi connectivity index (χ0v) is 22.3. The molecule has 1 saturated heterocycles. The SMILES string of the molecule is C=CCN1CC[C@@]2(c3cccc(OC(C)=O)c3)C[C@H](NC(=O)/C=C/c3ccoc3C)CC[C@]2(OC(C)=O)C1. The van der Waals surface area contributed by atoms with E-state index in [0.717, 1.165) is 23.4 Å². The first-order valence-electron chi connectivity index (χ1n) is 13.0. The molecule has 8 nitrogen and oxygen atoms in total. The summed E-state index contributed by atoms with van der Waals surface area (Å²) in [7, 11) is 0. The van der Waals surface area contributed by atoms with Crippen molar-refractivity contribution in [2.45, 2.75) is 63.5 Å². The lowest BCUT2D eigenvalue weighted by Crippen LogP contribution is -2.68. The third kappa shape index (κ3) is 5.75. The molecule has 2 aromatic rings. The van der Waals surface area contributed by atoms with Crippen molar-refractivity contribution < 1.29 is 28.3 Å². The number of ether oxygens (including phenoxy) is 2. The van der Waals surface area contributed by atoms with Gasteiger partial charge in [-0.2, -0.15) is 0 Å². The Kier molecular flexibility index (Phi) is 8.21. The number of fused-ring (bicyclic) bond motifs is 1. The molecule has 202 valence electrons. The molecule has 2 fully saturated rings. The van der Waals surface area contributed by atoms with Gasteiger partial charge in [-0.15, -0.1) is 6.58 Å². The van der Waals surface area contributed by atoms with Crippen LogP contribution in [-0.4, -0.2) is 54.0 Å². The minimum absolute atomic E-state index is 0.135. The van der Waals surface area contributed by atoms with E-state index in [1.54, 1.807) is 18.4 Å². The predicted octanol–water partition coefficient (Wildman–Crippen LogP) is 4.33. The molecular formula is C30H36N2O6. The van der Waals surface area contributed by atoms with Gasteiger partial charge in [-0.3, -0.25) is 19.3 Å². The first-order valence-corrected chi connectivity index (χ1v) is 13.0. The van der Waals surface area contributed by atoms with Crippen LogP contribution >= 0.6 is 0 Å². The summed E-state index contributed by atoms with van der Waals surface area (Å²) in [6, 6.07) is 9.15. The zero-order valence-electron chi connectivity index (χ0n) is 22.3. The second kappa shape index (κ2) is 11.4. The van der Waals surface area contributed by atoms with E-state index in [1.807, 2.05) is 37.3 Å². The maximum atomic E-state index is 12.9. The van der Waals surface area contributed by atoms with Crippen LogP contribution in [0.15, 0.2) is 59.7 Å². The number of piperidine rings is 1. The topological polar surface area (TPSA) is 98.1 Å². The van der Waals surface area contributed by atoms with E-state index >= 15 is 0 Å². The lowest BCUT2D eigenvalue weighted by atomic mass is 9.55. The van der Waals surface area contributed by atoms with Gasteiger partial charge in [0.05, 0.1) is 6.26 Å². The first-order chi connectivity index (χ1) is 18.2. The number of furan rings is 1. The Morgan fingerprint density at radius 3 is 2.71 bits per heavy atom. The normalized spacial score (nSPS) is 25.4. The molecule has 0 spiro atoms. The third-order valence-electron chi connectivity index (χ3n) is 7.73. The second-order valence-electron chi connectivity index (χ2n) is 10.3. The summed E-state index contributed by atoms with van der Waals surface area (Å²) in [5.41, 5.74) is 0.387. The number of esters is 2. The fourth-order valence-electron chi connectivity index (χ4n) is 6.15. The Bertz CT molecular complexity index is 1230. The number of hydrogen-bond donors (Lipinski definition) is 1. The van der Waals surface area contributed by atoms with Gasteiger partial charge >= 0.3 is 11.9 Å². The van der Waals surface area contributed by atoms with Crippen LogP contribution in [0.25, 0.3) is 6.08 Å². The molecule has 38 heavy (non-hydrogen) atoms. The van der Waals surface area contributed by atoms with Gasteiger partial charge in [-0.1, -0.05) is 18.2 Å². The average molecular weight is 521 g/mol. The van der Waals surface area contributed by atoms with Crippen LogP contribution in [0.5, 0.6) is 5.75 Å². The van der Waals surface area contributed by atoms with Gasteiger partial charge in [0.25, 0.3) is 0 Å². The molecule has 1 saturated carbocycles. The van der Waals surface area contributed by atoms with Crippen LogP contribution in [-0.2, 0) is 24.5 Å². The van der Waals surface area contributed by atoms with Crippen LogP contribution in [0, 0.1) is 6.92 Å². The molecule has 1 N–H and O–H groups in total. The summed E-state index contributed by atoms with van der Waals surface area (Å²) in [4.78, 5) is 39.3. The number of benzene rings is 1. The number of rotatable bonds is 8. The standard InChI is InChI=1S/C30H36N2O6/c1-5-15-32-16-14-29(25-7-6-8-27(18-25)37-22(3)33)19-26(11-13-30(29,20-32)38-23(4)34)31-28(35)10-9-24-12-17-36-21(24)2/h5-10,12,17-18,26H,1,11,13-16,19-20H2,2-4H3,(H,31,35)/b10-9+/t26-,29+,30+/m1/s1. The Hall–Kier alpha value is -3.65. The third-order valence-corrected chi connectivity index (χ3v) is 7.73. The second-order valence-corrected chi connectivity index (χ2v) is 10.3. The minimum atomic E-state index is -0.806. The van der Waals surface area contributed by atoms with Crippen molar-refractivity contribution >= 4 is 23.9 Å². The van der Waals surface area contributed by atoms with Gasteiger partial charge in [0.2, 0.25) is 5.91 Å². The van der Waals surface area contributed by atoms with Gasteiger partial charge in [-0.25, -0.2) is 0 Å². The zero-order chi connectivity index (χ0) is 27.3. The highest BCUT2D eigenvalue weighted by Gasteiger charge is 2.60. The number of hydrogen-bond acceptors (Lipinski definition) is 7. The lowest BCUT2D eigenvalue weighted by molar-refractivity contribution is -0.186. The summed E-state index contributed by atoms with van der Waals surface area (Å²) >= 11 is 0. The van der Waals surface area contributed by atoms with Crippen molar-refractivity contribution in [2.24, 2.45) is 0 Å². The van der Waals surface area contributed by atoms with E-state index in [1.165, 1.54) is 19.9 Å². The fraction of sp³-hybridized carbons (Fsp3) is 0.433. The van der Waals surface area contributed by atoms with E-state index in [2.05, 4.69) is 16.8 Å². The summed E-state index contributed by atoms with van der Waals surface area (Å²) in [6.45, 7) is 10.6. The van der Waals surface area contributed by atoms with Crippen molar-refractivity contribution in [3.63, 3.8) is 0 Å². The highest BCUT2D eigenvalue weighted by Crippen LogP contribution is 2.54. The highest BCUT2D eigenvalue weighted by molar-refractivity contribution is 5.92. The predicted molar refractivity (Wildman–Crippen MR) is 143 cm³/mol.